The SMILES string of the molecule is CC(=O)c1ccc2c(c1)C1C3=C(C=CC1N2CCCNC1CC1)C(=O)CC3. The highest BCUT2D eigenvalue weighted by Crippen LogP contribution is 2.51. The highest BCUT2D eigenvalue weighted by molar-refractivity contribution is 6.02. The zero-order valence-corrected chi connectivity index (χ0v) is 15.8. The van der Waals surface area contributed by atoms with Gasteiger partial charge in [-0.15, -0.1) is 0 Å². The van der Waals surface area contributed by atoms with Crippen molar-refractivity contribution in [3.8, 4) is 0 Å². The van der Waals surface area contributed by atoms with E-state index in [1.807, 2.05) is 6.07 Å². The maximum Gasteiger partial charge on any atom is 0.163 e. The lowest BCUT2D eigenvalue weighted by Gasteiger charge is -2.31. The summed E-state index contributed by atoms with van der Waals surface area (Å²) in [6, 6.07) is 7.15. The minimum absolute atomic E-state index is 0.101. The summed E-state index contributed by atoms with van der Waals surface area (Å²) in [5.41, 5.74) is 5.44. The number of nitrogens with one attached hydrogen (secondary N) is 1. The summed E-state index contributed by atoms with van der Waals surface area (Å²) in [5.74, 6) is 0.600. The molecule has 0 amide bonds. The van der Waals surface area contributed by atoms with Crippen LogP contribution < -0.4 is 10.2 Å². The van der Waals surface area contributed by atoms with Crippen molar-refractivity contribution in [2.75, 3.05) is 18.0 Å². The summed E-state index contributed by atoms with van der Waals surface area (Å²) in [5, 5.41) is 3.60. The molecule has 2 atom stereocenters. The van der Waals surface area contributed by atoms with Crippen molar-refractivity contribution in [1.29, 1.82) is 0 Å². The van der Waals surface area contributed by atoms with Gasteiger partial charge < -0.3 is 10.2 Å². The first kappa shape index (κ1) is 16.9. The number of fused-ring (bicyclic) bond motifs is 4. The van der Waals surface area contributed by atoms with Crippen LogP contribution in [-0.4, -0.2) is 36.7 Å². The molecule has 1 N–H and O–H groups in total. The molecule has 0 aromatic heterocycles. The molecule has 0 bridgehead atoms. The molecule has 0 spiro atoms. The first-order chi connectivity index (χ1) is 13.1. The standard InChI is InChI=1S/C23H26N2O2/c1-14(26)15-3-8-20-19(13-15)23-18-7-10-22(27)17(18)6-9-21(23)25(20)12-2-11-24-16-4-5-16/h3,6,8-9,13,16,21,23-24H,2,4-5,7,10-12H2,1H3. The van der Waals surface area contributed by atoms with Crippen molar-refractivity contribution in [3.63, 3.8) is 0 Å². The molecule has 2 unspecified atom stereocenters. The van der Waals surface area contributed by atoms with E-state index in [1.165, 1.54) is 29.7 Å². The number of carbonyl (C=O) groups excluding carboxylic acids is 2. The highest BCUT2D eigenvalue weighted by atomic mass is 16.1. The summed E-state index contributed by atoms with van der Waals surface area (Å²) in [6.45, 7) is 3.67. The number of rotatable bonds is 6. The molecule has 0 saturated heterocycles. The number of nitrogens with zero attached hydrogens (tertiary/aromatic N) is 1. The third-order valence-electron chi connectivity index (χ3n) is 6.47. The zero-order chi connectivity index (χ0) is 18.5. The lowest BCUT2D eigenvalue weighted by atomic mass is 9.81. The topological polar surface area (TPSA) is 49.4 Å². The van der Waals surface area contributed by atoms with Gasteiger partial charge in [0.15, 0.2) is 11.6 Å². The Morgan fingerprint density at radius 1 is 1.26 bits per heavy atom. The maximum atomic E-state index is 12.3. The van der Waals surface area contributed by atoms with Crippen LogP contribution in [0.2, 0.25) is 0 Å². The molecule has 4 nitrogen and oxygen atoms in total. The molecule has 1 aromatic rings. The van der Waals surface area contributed by atoms with E-state index in [1.54, 1.807) is 6.92 Å². The van der Waals surface area contributed by atoms with Gasteiger partial charge in [-0.1, -0.05) is 12.2 Å². The van der Waals surface area contributed by atoms with E-state index in [9.17, 15) is 9.59 Å². The van der Waals surface area contributed by atoms with E-state index in [4.69, 9.17) is 0 Å². The Morgan fingerprint density at radius 2 is 2.11 bits per heavy atom. The second kappa shape index (κ2) is 6.45. The number of ketones is 2. The fourth-order valence-electron chi connectivity index (χ4n) is 4.94. The lowest BCUT2D eigenvalue weighted by molar-refractivity contribution is -0.114. The first-order valence-corrected chi connectivity index (χ1v) is 10.2. The molecular formula is C23H26N2O2. The van der Waals surface area contributed by atoms with Crippen molar-refractivity contribution in [2.24, 2.45) is 0 Å². The van der Waals surface area contributed by atoms with Crippen molar-refractivity contribution in [2.45, 2.75) is 57.0 Å². The van der Waals surface area contributed by atoms with Crippen LogP contribution in [0.5, 0.6) is 0 Å². The molecule has 140 valence electrons. The lowest BCUT2D eigenvalue weighted by Crippen LogP contribution is -2.36. The normalized spacial score (nSPS) is 25.7. The third-order valence-corrected chi connectivity index (χ3v) is 6.47. The Hall–Kier alpha value is -2.20. The van der Waals surface area contributed by atoms with Gasteiger partial charge in [-0.25, -0.2) is 0 Å². The van der Waals surface area contributed by atoms with Crippen LogP contribution in [0.15, 0.2) is 41.5 Å². The highest BCUT2D eigenvalue weighted by Gasteiger charge is 2.43. The average molecular weight is 362 g/mol. The summed E-state index contributed by atoms with van der Waals surface area (Å²) >= 11 is 0. The number of Topliss-reactive ketones (excluding diaryl/α,β-unsaturated/α-hetero) is 2. The summed E-state index contributed by atoms with van der Waals surface area (Å²) in [4.78, 5) is 26.7. The van der Waals surface area contributed by atoms with Crippen LogP contribution in [0.25, 0.3) is 0 Å². The van der Waals surface area contributed by atoms with Gasteiger partial charge >= 0.3 is 0 Å². The van der Waals surface area contributed by atoms with Crippen LogP contribution in [0.3, 0.4) is 0 Å². The van der Waals surface area contributed by atoms with Gasteiger partial charge in [0.05, 0.1) is 6.04 Å². The van der Waals surface area contributed by atoms with Crippen molar-refractivity contribution < 1.29 is 9.59 Å². The number of hydrogen-bond acceptors (Lipinski definition) is 4. The Balaban J connectivity index is 1.47. The monoisotopic (exact) mass is 362 g/mol. The second-order valence-electron chi connectivity index (χ2n) is 8.29. The van der Waals surface area contributed by atoms with E-state index in [0.29, 0.717) is 6.42 Å². The summed E-state index contributed by atoms with van der Waals surface area (Å²) < 4.78 is 0. The first-order valence-electron chi connectivity index (χ1n) is 10.2. The van der Waals surface area contributed by atoms with Crippen LogP contribution in [0.4, 0.5) is 5.69 Å². The molecule has 1 fully saturated rings. The maximum absolute atomic E-state index is 12.3. The van der Waals surface area contributed by atoms with Crippen LogP contribution in [-0.2, 0) is 4.79 Å². The van der Waals surface area contributed by atoms with Gasteiger partial charge in [0.25, 0.3) is 0 Å². The number of hydrogen-bond donors (Lipinski definition) is 1. The largest absolute Gasteiger partial charge is 0.364 e. The Bertz CT molecular complexity index is 878. The van der Waals surface area contributed by atoms with Crippen LogP contribution in [0.1, 0.15) is 60.9 Å². The minimum Gasteiger partial charge on any atom is -0.364 e. The number of benzene rings is 1. The Kier molecular flexibility index (Phi) is 4.05. The van der Waals surface area contributed by atoms with E-state index in [-0.39, 0.29) is 23.5 Å². The Labute approximate surface area is 160 Å². The van der Waals surface area contributed by atoms with E-state index in [2.05, 4.69) is 34.5 Å². The molecule has 1 heterocycles. The molecule has 27 heavy (non-hydrogen) atoms. The Morgan fingerprint density at radius 3 is 2.89 bits per heavy atom. The third kappa shape index (κ3) is 2.87. The van der Waals surface area contributed by atoms with Gasteiger partial charge in [0, 0.05) is 41.7 Å². The van der Waals surface area contributed by atoms with E-state index >= 15 is 0 Å². The molecule has 4 heteroatoms. The number of anilines is 1. The predicted octanol–water partition coefficient (Wildman–Crippen LogP) is 3.53. The number of allylic oxidation sites excluding steroid dienone is 2. The van der Waals surface area contributed by atoms with E-state index in [0.717, 1.165) is 43.1 Å². The van der Waals surface area contributed by atoms with Gasteiger partial charge in [0.1, 0.15) is 0 Å². The van der Waals surface area contributed by atoms with Crippen molar-refractivity contribution in [1.82, 2.24) is 5.32 Å². The number of carbonyl (C=O) groups is 2. The predicted molar refractivity (Wildman–Crippen MR) is 106 cm³/mol. The quantitative estimate of drug-likeness (QED) is 0.621. The minimum atomic E-state index is 0.101. The molecule has 1 aromatic carbocycles. The van der Waals surface area contributed by atoms with Crippen LogP contribution >= 0.6 is 0 Å². The van der Waals surface area contributed by atoms with Crippen molar-refractivity contribution >= 4 is 17.3 Å². The van der Waals surface area contributed by atoms with E-state index < -0.39 is 0 Å². The zero-order valence-electron chi connectivity index (χ0n) is 15.8. The molecule has 4 aliphatic rings. The second-order valence-corrected chi connectivity index (χ2v) is 8.29. The van der Waals surface area contributed by atoms with Gasteiger partial charge in [-0.3, -0.25) is 9.59 Å². The van der Waals surface area contributed by atoms with Gasteiger partial charge in [0.2, 0.25) is 0 Å². The van der Waals surface area contributed by atoms with Crippen LogP contribution in [0, 0.1) is 0 Å². The molecular weight excluding hydrogens is 336 g/mol. The summed E-state index contributed by atoms with van der Waals surface area (Å²) in [7, 11) is 0. The fraction of sp³-hybridized carbons (Fsp3) is 0.478. The fourth-order valence-corrected chi connectivity index (χ4v) is 4.94. The molecule has 1 aliphatic heterocycles. The summed E-state index contributed by atoms with van der Waals surface area (Å²) in [6.07, 6.45) is 9.50. The smallest absolute Gasteiger partial charge is 0.163 e. The average Bonchev–Trinajstić information content (AvgIpc) is 3.34. The van der Waals surface area contributed by atoms with Gasteiger partial charge in [-0.05, 0) is 68.5 Å². The van der Waals surface area contributed by atoms with Gasteiger partial charge in [-0.2, -0.15) is 0 Å². The molecule has 5 rings (SSSR count). The molecule has 0 radical (unpaired) electrons. The van der Waals surface area contributed by atoms with Crippen molar-refractivity contribution in [3.05, 3.63) is 52.6 Å². The molecule has 1 saturated carbocycles. The molecule has 3 aliphatic carbocycles.